The van der Waals surface area contributed by atoms with Gasteiger partial charge in [0.2, 0.25) is 0 Å². The van der Waals surface area contributed by atoms with E-state index >= 15 is 0 Å². The molecule has 0 aliphatic carbocycles. The zero-order valence-electron chi connectivity index (χ0n) is 32.6. The molecule has 276 valence electrons. The van der Waals surface area contributed by atoms with Crippen molar-refractivity contribution in [1.82, 2.24) is 9.97 Å². The molecule has 0 spiro atoms. The fourth-order valence-corrected chi connectivity index (χ4v) is 10.4. The van der Waals surface area contributed by atoms with E-state index in [-0.39, 0.29) is 0 Å². The Labute approximate surface area is 315 Å². The summed E-state index contributed by atoms with van der Waals surface area (Å²) in [5, 5.41) is 0. The quantitative estimate of drug-likeness (QED) is 0.0547. The lowest BCUT2D eigenvalue weighted by molar-refractivity contribution is 0.544. The second-order valence-electron chi connectivity index (χ2n) is 15.1. The summed E-state index contributed by atoms with van der Waals surface area (Å²) in [5.41, 5.74) is 7.94. The molecule has 0 N–H and O–H groups in total. The van der Waals surface area contributed by atoms with Crippen molar-refractivity contribution in [2.45, 2.75) is 195 Å². The average Bonchev–Trinajstić information content (AvgIpc) is 3.66. The van der Waals surface area contributed by atoms with E-state index in [1.165, 1.54) is 197 Å². The number of aromatic nitrogens is 2. The van der Waals surface area contributed by atoms with Crippen LogP contribution in [-0.2, 0) is 12.8 Å². The van der Waals surface area contributed by atoms with Crippen LogP contribution in [0.1, 0.15) is 190 Å². The number of hydrogen-bond acceptors (Lipinski definition) is 4. The summed E-state index contributed by atoms with van der Waals surface area (Å²) in [6, 6.07) is 8.99. The van der Waals surface area contributed by atoms with Crippen molar-refractivity contribution >= 4 is 32.1 Å². The minimum atomic E-state index is 1.09. The van der Waals surface area contributed by atoms with Gasteiger partial charge in [-0.3, -0.25) is 9.97 Å². The number of hydrogen-bond donors (Lipinski definition) is 0. The minimum absolute atomic E-state index is 1.09. The van der Waals surface area contributed by atoms with Gasteiger partial charge in [0.1, 0.15) is 0 Å². The molecule has 4 aromatic heterocycles. The van der Waals surface area contributed by atoms with Gasteiger partial charge in [-0.2, -0.15) is 0 Å². The van der Waals surface area contributed by atoms with Gasteiger partial charge in [-0.1, -0.05) is 167 Å². The Morgan fingerprint density at radius 1 is 0.400 bits per heavy atom. The first-order chi connectivity index (χ1) is 24.6. The summed E-state index contributed by atoms with van der Waals surface area (Å²) in [5.74, 6) is 0. The van der Waals surface area contributed by atoms with Gasteiger partial charge in [0.05, 0.1) is 0 Å². The zero-order valence-corrected chi connectivity index (χ0v) is 34.2. The molecule has 0 radical (unpaired) electrons. The molecule has 50 heavy (non-hydrogen) atoms. The molecule has 0 aromatic carbocycles. The lowest BCUT2D eigenvalue weighted by Crippen LogP contribution is -1.89. The molecule has 0 atom stereocenters. The van der Waals surface area contributed by atoms with Crippen molar-refractivity contribution in [3.8, 4) is 20.9 Å². The van der Waals surface area contributed by atoms with Crippen LogP contribution >= 0.6 is 22.7 Å². The van der Waals surface area contributed by atoms with Gasteiger partial charge in [-0.05, 0) is 62.8 Å². The fraction of sp³-hybridized carbons (Fsp3) is 0.652. The Morgan fingerprint density at radius 3 is 0.980 bits per heavy atom. The SMILES string of the molecule is CCCCCCCCCCCCCCc1c(-c2ccc(C)nc2)sc2c(CCCCCCCCCCCCCC)c(-c3ccc(C)nc3)sc12. The maximum Gasteiger partial charge on any atom is 0.0498 e. The highest BCUT2D eigenvalue weighted by atomic mass is 32.1. The van der Waals surface area contributed by atoms with Gasteiger partial charge in [-0.15, -0.1) is 22.7 Å². The molecule has 4 aromatic rings. The highest BCUT2D eigenvalue weighted by Gasteiger charge is 2.22. The molecule has 0 saturated heterocycles. The summed E-state index contributed by atoms with van der Waals surface area (Å²) in [4.78, 5) is 12.4. The Morgan fingerprint density at radius 2 is 0.700 bits per heavy atom. The van der Waals surface area contributed by atoms with Crippen LogP contribution in [0.3, 0.4) is 0 Å². The van der Waals surface area contributed by atoms with Crippen molar-refractivity contribution in [3.05, 3.63) is 59.2 Å². The third-order valence-corrected chi connectivity index (χ3v) is 13.4. The summed E-state index contributed by atoms with van der Waals surface area (Å²) >= 11 is 4.09. The normalized spacial score (nSPS) is 11.7. The van der Waals surface area contributed by atoms with Gasteiger partial charge < -0.3 is 0 Å². The van der Waals surface area contributed by atoms with E-state index in [2.05, 4.69) is 64.4 Å². The Kier molecular flexibility index (Phi) is 19.8. The van der Waals surface area contributed by atoms with E-state index in [9.17, 15) is 0 Å². The molecule has 0 aliphatic heterocycles. The molecule has 0 aliphatic rings. The van der Waals surface area contributed by atoms with E-state index < -0.39 is 0 Å². The Bertz CT molecular complexity index is 1330. The first kappa shape index (κ1) is 40.7. The van der Waals surface area contributed by atoms with Crippen molar-refractivity contribution in [1.29, 1.82) is 0 Å². The van der Waals surface area contributed by atoms with Crippen LogP contribution in [0.5, 0.6) is 0 Å². The lowest BCUT2D eigenvalue weighted by atomic mass is 10.0. The van der Waals surface area contributed by atoms with E-state index in [0.717, 1.165) is 11.4 Å². The number of fused-ring (bicyclic) bond motifs is 1. The summed E-state index contributed by atoms with van der Waals surface area (Å²) in [7, 11) is 0. The third kappa shape index (κ3) is 13.8. The largest absolute Gasteiger partial charge is 0.261 e. The smallest absolute Gasteiger partial charge is 0.0498 e. The van der Waals surface area contributed by atoms with E-state index in [1.807, 2.05) is 22.7 Å². The molecule has 0 fully saturated rings. The maximum absolute atomic E-state index is 4.73. The molecular formula is C46H70N2S2. The molecule has 4 heteroatoms. The van der Waals surface area contributed by atoms with E-state index in [4.69, 9.17) is 9.97 Å². The van der Waals surface area contributed by atoms with Crippen LogP contribution in [0.15, 0.2) is 36.7 Å². The van der Waals surface area contributed by atoms with Gasteiger partial charge in [0, 0.05) is 54.1 Å². The number of pyridine rings is 2. The molecule has 0 unspecified atom stereocenters. The molecule has 0 bridgehead atoms. The monoisotopic (exact) mass is 714 g/mol. The van der Waals surface area contributed by atoms with Gasteiger partial charge in [-0.25, -0.2) is 0 Å². The summed E-state index contributed by atoms with van der Waals surface area (Å²) < 4.78 is 3.08. The molecule has 2 nitrogen and oxygen atoms in total. The predicted molar refractivity (Wildman–Crippen MR) is 225 cm³/mol. The van der Waals surface area contributed by atoms with Gasteiger partial charge in [0.15, 0.2) is 0 Å². The Hall–Kier alpha value is -2.04. The van der Waals surface area contributed by atoms with E-state index in [0.29, 0.717) is 0 Å². The predicted octanol–water partition coefficient (Wildman–Crippen LogP) is 16.2. The second-order valence-corrected chi connectivity index (χ2v) is 17.2. The molecule has 4 heterocycles. The van der Waals surface area contributed by atoms with Crippen molar-refractivity contribution in [2.75, 3.05) is 0 Å². The van der Waals surface area contributed by atoms with Crippen LogP contribution in [0.2, 0.25) is 0 Å². The van der Waals surface area contributed by atoms with Crippen LogP contribution in [-0.4, -0.2) is 9.97 Å². The topological polar surface area (TPSA) is 25.8 Å². The van der Waals surface area contributed by atoms with Gasteiger partial charge >= 0.3 is 0 Å². The first-order valence-corrected chi connectivity index (χ1v) is 22.7. The molecule has 0 amide bonds. The van der Waals surface area contributed by atoms with Crippen molar-refractivity contribution < 1.29 is 0 Å². The molecular weight excluding hydrogens is 645 g/mol. The molecule has 0 saturated carbocycles. The van der Waals surface area contributed by atoms with Crippen LogP contribution in [0, 0.1) is 13.8 Å². The van der Waals surface area contributed by atoms with Crippen LogP contribution in [0.4, 0.5) is 0 Å². The van der Waals surface area contributed by atoms with Crippen molar-refractivity contribution in [3.63, 3.8) is 0 Å². The van der Waals surface area contributed by atoms with Crippen LogP contribution in [0.25, 0.3) is 30.3 Å². The highest BCUT2D eigenvalue weighted by molar-refractivity contribution is 7.31. The number of unbranched alkanes of at least 4 members (excludes halogenated alkanes) is 22. The number of aryl methyl sites for hydroxylation is 4. The van der Waals surface area contributed by atoms with Crippen molar-refractivity contribution in [2.24, 2.45) is 0 Å². The highest BCUT2D eigenvalue weighted by Crippen LogP contribution is 2.49. The molecule has 4 rings (SSSR count). The Balaban J connectivity index is 1.39. The van der Waals surface area contributed by atoms with Gasteiger partial charge in [0.25, 0.3) is 0 Å². The number of rotatable bonds is 28. The average molecular weight is 715 g/mol. The third-order valence-electron chi connectivity index (χ3n) is 10.6. The zero-order chi connectivity index (χ0) is 35.2. The number of thiophene rings is 2. The van der Waals surface area contributed by atoms with Crippen LogP contribution < -0.4 is 0 Å². The first-order valence-electron chi connectivity index (χ1n) is 21.1. The summed E-state index contributed by atoms with van der Waals surface area (Å²) in [6.07, 6.45) is 40.0. The standard InChI is InChI=1S/C46H70N2S2/c1-5-7-9-11-13-15-17-19-21-23-25-27-29-41-43(39-33-31-37(3)47-35-39)49-46-42(44(50-45(41)46)40-34-32-38(4)48-36-40)30-28-26-24-22-20-18-16-14-12-10-8-6-2/h31-36H,5-30H2,1-4H3. The minimum Gasteiger partial charge on any atom is -0.261 e. The second kappa shape index (κ2) is 24.2. The summed E-state index contributed by atoms with van der Waals surface area (Å²) in [6.45, 7) is 8.80. The maximum atomic E-state index is 4.73. The fourth-order valence-electron chi connectivity index (χ4n) is 7.43. The van der Waals surface area contributed by atoms with E-state index in [1.54, 1.807) is 11.1 Å². The number of nitrogens with zero attached hydrogens (tertiary/aromatic N) is 2. The lowest BCUT2D eigenvalue weighted by Gasteiger charge is -2.07.